The molecule has 1 atom stereocenters. The lowest BCUT2D eigenvalue weighted by Crippen LogP contribution is -2.44. The third kappa shape index (κ3) is 5.28. The van der Waals surface area contributed by atoms with Gasteiger partial charge in [0.15, 0.2) is 5.69 Å². The zero-order chi connectivity index (χ0) is 24.3. The minimum Gasteiger partial charge on any atom is -0.368 e. The van der Waals surface area contributed by atoms with Crippen LogP contribution in [-0.4, -0.2) is 52.1 Å². The van der Waals surface area contributed by atoms with E-state index in [-0.39, 0.29) is 11.4 Å². The summed E-state index contributed by atoms with van der Waals surface area (Å²) >= 11 is 0. The van der Waals surface area contributed by atoms with Crippen LogP contribution in [0.1, 0.15) is 55.2 Å². The largest absolute Gasteiger partial charge is 0.368 e. The Morgan fingerprint density at radius 2 is 2.06 bits per heavy atom. The molecule has 0 radical (unpaired) electrons. The minimum atomic E-state index is -0.223. The van der Waals surface area contributed by atoms with Crippen LogP contribution in [0.5, 0.6) is 0 Å². The van der Waals surface area contributed by atoms with Crippen LogP contribution in [0.25, 0.3) is 11.1 Å². The van der Waals surface area contributed by atoms with Gasteiger partial charge < -0.3 is 15.5 Å². The summed E-state index contributed by atoms with van der Waals surface area (Å²) in [5, 5.41) is 14.5. The molecule has 0 unspecified atom stereocenters. The number of nitrogens with zero attached hydrogens (tertiary/aromatic N) is 5. The van der Waals surface area contributed by atoms with Gasteiger partial charge in [0.25, 0.3) is 5.91 Å². The smallest absolute Gasteiger partial charge is 0.273 e. The number of likely N-dealkylation sites (N-methyl/N-ethyl adjacent to an activating group) is 1. The van der Waals surface area contributed by atoms with Gasteiger partial charge in [0.1, 0.15) is 0 Å². The molecule has 1 aliphatic rings. The van der Waals surface area contributed by atoms with Crippen molar-refractivity contribution in [2.75, 3.05) is 25.0 Å². The maximum atomic E-state index is 12.6. The van der Waals surface area contributed by atoms with Crippen molar-refractivity contribution in [1.29, 1.82) is 0 Å². The van der Waals surface area contributed by atoms with Crippen LogP contribution in [0, 0.1) is 6.92 Å². The lowest BCUT2D eigenvalue weighted by Gasteiger charge is -2.35. The molecule has 0 saturated carbocycles. The van der Waals surface area contributed by atoms with Gasteiger partial charge in [-0.05, 0) is 70.3 Å². The van der Waals surface area contributed by atoms with Crippen LogP contribution >= 0.6 is 0 Å². The van der Waals surface area contributed by atoms with Gasteiger partial charge in [-0.2, -0.15) is 0 Å². The lowest BCUT2D eigenvalue weighted by molar-refractivity contribution is 0.0945. The second-order valence-electron chi connectivity index (χ2n) is 10.0. The maximum absolute atomic E-state index is 12.6. The first kappa shape index (κ1) is 23.9. The molecule has 1 aromatic carbocycles. The van der Waals surface area contributed by atoms with Gasteiger partial charge in [-0.1, -0.05) is 23.4 Å². The zero-order valence-corrected chi connectivity index (χ0v) is 20.8. The van der Waals surface area contributed by atoms with Crippen molar-refractivity contribution in [1.82, 2.24) is 30.6 Å². The van der Waals surface area contributed by atoms with E-state index in [1.165, 1.54) is 24.1 Å². The Morgan fingerprint density at radius 3 is 2.76 bits per heavy atom. The quantitative estimate of drug-likeness (QED) is 0.584. The van der Waals surface area contributed by atoms with Crippen LogP contribution in [-0.2, 0) is 12.1 Å². The Morgan fingerprint density at radius 1 is 1.24 bits per heavy atom. The molecule has 0 bridgehead atoms. The molecule has 3 aromatic rings. The van der Waals surface area contributed by atoms with Gasteiger partial charge in [-0.25, -0.2) is 4.68 Å². The molecule has 2 aromatic heterocycles. The van der Waals surface area contributed by atoms with Crippen LogP contribution in [0.3, 0.4) is 0 Å². The SMILES string of the molecule is CN[C@@H]1CCCN(c2cnccc2-c2ccc(CNC(=O)c3cn(C(C)(C)C)nn3)c(C)c2)C1. The van der Waals surface area contributed by atoms with Crippen molar-refractivity contribution in [2.24, 2.45) is 0 Å². The number of hydrogen-bond donors (Lipinski definition) is 2. The van der Waals surface area contributed by atoms with Crippen molar-refractivity contribution in [2.45, 2.75) is 58.7 Å². The summed E-state index contributed by atoms with van der Waals surface area (Å²) in [6.45, 7) is 10.6. The predicted octanol–water partition coefficient (Wildman–Crippen LogP) is 3.52. The van der Waals surface area contributed by atoms with Gasteiger partial charge in [0.05, 0.1) is 23.6 Å². The molecular weight excluding hydrogens is 426 g/mol. The van der Waals surface area contributed by atoms with Crippen LogP contribution in [0.2, 0.25) is 0 Å². The number of hydrogen-bond acceptors (Lipinski definition) is 6. The third-order valence-corrected chi connectivity index (χ3v) is 6.48. The molecule has 3 heterocycles. The maximum Gasteiger partial charge on any atom is 0.273 e. The Kier molecular flexibility index (Phi) is 6.97. The Labute approximate surface area is 201 Å². The highest BCUT2D eigenvalue weighted by molar-refractivity contribution is 5.91. The molecule has 1 fully saturated rings. The molecular formula is C26H35N7O. The standard InChI is InChI=1S/C26H35N7O/c1-18-13-19(22-10-11-28-15-24(22)32-12-6-7-21(16-32)27-5)8-9-20(18)14-29-25(34)23-17-33(31-30-23)26(2,3)4/h8-11,13,15,17,21,27H,6-7,12,14,16H2,1-5H3,(H,29,34)/t21-/m1/s1. The first-order valence-corrected chi connectivity index (χ1v) is 11.9. The molecule has 0 spiro atoms. The van der Waals surface area contributed by atoms with Crippen LogP contribution < -0.4 is 15.5 Å². The van der Waals surface area contributed by atoms with Gasteiger partial charge in [0, 0.05) is 37.4 Å². The minimum absolute atomic E-state index is 0.216. The number of pyridine rings is 1. The normalized spacial score (nSPS) is 16.5. The molecule has 1 amide bonds. The number of carbonyl (C=O) groups excluding carboxylic acids is 1. The van der Waals surface area contributed by atoms with Crippen LogP contribution in [0.4, 0.5) is 5.69 Å². The van der Waals surface area contributed by atoms with Crippen molar-refractivity contribution in [3.63, 3.8) is 0 Å². The van der Waals surface area contributed by atoms with E-state index in [9.17, 15) is 4.79 Å². The van der Waals surface area contributed by atoms with Crippen molar-refractivity contribution in [3.8, 4) is 11.1 Å². The van der Waals surface area contributed by atoms with E-state index in [0.717, 1.165) is 29.8 Å². The molecule has 180 valence electrons. The average molecular weight is 462 g/mol. The summed E-state index contributed by atoms with van der Waals surface area (Å²) in [5.41, 5.74) is 5.83. The van der Waals surface area contributed by atoms with Crippen molar-refractivity contribution >= 4 is 11.6 Å². The number of benzene rings is 1. The number of aromatic nitrogens is 4. The first-order chi connectivity index (χ1) is 16.3. The van der Waals surface area contributed by atoms with E-state index < -0.39 is 0 Å². The van der Waals surface area contributed by atoms with E-state index in [4.69, 9.17) is 0 Å². The highest BCUT2D eigenvalue weighted by atomic mass is 16.2. The summed E-state index contributed by atoms with van der Waals surface area (Å²) in [4.78, 5) is 19.4. The number of carbonyl (C=O) groups is 1. The van der Waals surface area contributed by atoms with E-state index in [2.05, 4.69) is 62.0 Å². The first-order valence-electron chi connectivity index (χ1n) is 11.9. The summed E-state index contributed by atoms with van der Waals surface area (Å²) in [7, 11) is 2.03. The van der Waals surface area contributed by atoms with Gasteiger partial charge in [-0.15, -0.1) is 5.10 Å². The Bertz CT molecular complexity index is 1150. The fourth-order valence-corrected chi connectivity index (χ4v) is 4.34. The fraction of sp³-hybridized carbons (Fsp3) is 0.462. The number of anilines is 1. The molecule has 1 saturated heterocycles. The number of aryl methyl sites for hydroxylation is 1. The number of amides is 1. The predicted molar refractivity (Wildman–Crippen MR) is 135 cm³/mol. The molecule has 34 heavy (non-hydrogen) atoms. The summed E-state index contributed by atoms with van der Waals surface area (Å²) in [5.74, 6) is -0.223. The van der Waals surface area contributed by atoms with Gasteiger partial charge in [-0.3, -0.25) is 9.78 Å². The summed E-state index contributed by atoms with van der Waals surface area (Å²) in [6.07, 6.45) is 7.89. The van der Waals surface area contributed by atoms with E-state index in [0.29, 0.717) is 18.3 Å². The Balaban J connectivity index is 1.48. The average Bonchev–Trinajstić information content (AvgIpc) is 3.34. The van der Waals surface area contributed by atoms with E-state index in [1.54, 1.807) is 10.9 Å². The molecule has 8 heteroatoms. The summed E-state index contributed by atoms with van der Waals surface area (Å²) < 4.78 is 1.70. The number of nitrogens with one attached hydrogen (secondary N) is 2. The highest BCUT2D eigenvalue weighted by Gasteiger charge is 2.22. The Hall–Kier alpha value is -3.26. The molecule has 2 N–H and O–H groups in total. The molecule has 4 rings (SSSR count). The lowest BCUT2D eigenvalue weighted by atomic mass is 9.97. The molecule has 0 aliphatic carbocycles. The molecule has 8 nitrogen and oxygen atoms in total. The number of piperidine rings is 1. The second-order valence-corrected chi connectivity index (χ2v) is 10.0. The third-order valence-electron chi connectivity index (χ3n) is 6.48. The van der Waals surface area contributed by atoms with E-state index >= 15 is 0 Å². The second kappa shape index (κ2) is 9.93. The van der Waals surface area contributed by atoms with Crippen molar-refractivity contribution < 1.29 is 4.79 Å². The number of rotatable bonds is 6. The van der Waals surface area contributed by atoms with Gasteiger partial charge >= 0.3 is 0 Å². The van der Waals surface area contributed by atoms with Crippen molar-refractivity contribution in [3.05, 3.63) is 59.7 Å². The topological polar surface area (TPSA) is 88.0 Å². The fourth-order valence-electron chi connectivity index (χ4n) is 4.34. The monoisotopic (exact) mass is 461 g/mol. The van der Waals surface area contributed by atoms with Gasteiger partial charge in [0.2, 0.25) is 0 Å². The highest BCUT2D eigenvalue weighted by Crippen LogP contribution is 2.32. The zero-order valence-electron chi connectivity index (χ0n) is 20.8. The molecule has 1 aliphatic heterocycles. The summed E-state index contributed by atoms with van der Waals surface area (Å²) in [6, 6.07) is 9.00. The van der Waals surface area contributed by atoms with Crippen LogP contribution in [0.15, 0.2) is 42.9 Å². The van der Waals surface area contributed by atoms with E-state index in [1.807, 2.05) is 40.2 Å².